The Balaban J connectivity index is 1.94. The summed E-state index contributed by atoms with van der Waals surface area (Å²) in [6, 6.07) is 0.598. The van der Waals surface area contributed by atoms with E-state index in [0.29, 0.717) is 24.6 Å². The van der Waals surface area contributed by atoms with Crippen LogP contribution in [0.15, 0.2) is 10.6 Å². The number of nitrogens with zero attached hydrogens (tertiary/aromatic N) is 2. The van der Waals surface area contributed by atoms with Crippen molar-refractivity contribution in [3.8, 4) is 0 Å². The molecule has 0 aromatic carbocycles. The fraction of sp³-hybridized carbons (Fsp3) is 0.615. The summed E-state index contributed by atoms with van der Waals surface area (Å²) in [4.78, 5) is 24.7. The normalized spacial score (nSPS) is 22.6. The molecule has 110 valence electrons. The Morgan fingerprint density at radius 3 is 2.95 bits per heavy atom. The maximum Gasteiger partial charge on any atom is 0.326 e. The van der Waals surface area contributed by atoms with Crippen LogP contribution in [0.4, 0.5) is 4.79 Å². The van der Waals surface area contributed by atoms with Gasteiger partial charge in [-0.05, 0) is 25.7 Å². The van der Waals surface area contributed by atoms with E-state index in [1.165, 1.54) is 4.90 Å². The molecule has 1 saturated heterocycles. The second-order valence-corrected chi connectivity index (χ2v) is 5.27. The number of aliphatic carboxylic acids is 1. The topological polar surface area (TPSA) is 95.7 Å². The first kappa shape index (κ1) is 14.4. The number of carbonyl (C=O) groups is 2. The number of amides is 2. The van der Waals surface area contributed by atoms with Crippen molar-refractivity contribution in [2.75, 3.05) is 6.54 Å². The van der Waals surface area contributed by atoms with E-state index in [0.717, 1.165) is 12.1 Å². The quantitative estimate of drug-likeness (QED) is 0.872. The van der Waals surface area contributed by atoms with Crippen LogP contribution in [0.3, 0.4) is 0 Å². The van der Waals surface area contributed by atoms with Crippen LogP contribution in [-0.4, -0.2) is 39.8 Å². The summed E-state index contributed by atoms with van der Waals surface area (Å²) in [5.41, 5.74) is 0.740. The van der Waals surface area contributed by atoms with Crippen LogP contribution in [0.25, 0.3) is 0 Å². The van der Waals surface area contributed by atoms with Gasteiger partial charge in [0.15, 0.2) is 5.76 Å². The van der Waals surface area contributed by atoms with Gasteiger partial charge in [-0.3, -0.25) is 0 Å². The maximum atomic E-state index is 12.1. The standard InChI is InChI=1S/C13H19N3O4/c1-8-3-4-16(11(5-8)12(17)18)13(19)14-7-10-6-9(2)15-20-10/h6,8,11H,3-5,7H2,1-2H3,(H,14,19)(H,17,18). The molecule has 7 nitrogen and oxygen atoms in total. The van der Waals surface area contributed by atoms with E-state index in [9.17, 15) is 14.7 Å². The molecule has 0 radical (unpaired) electrons. The van der Waals surface area contributed by atoms with E-state index in [1.54, 1.807) is 13.0 Å². The van der Waals surface area contributed by atoms with E-state index in [1.807, 2.05) is 6.92 Å². The summed E-state index contributed by atoms with van der Waals surface area (Å²) >= 11 is 0. The summed E-state index contributed by atoms with van der Waals surface area (Å²) in [6.45, 7) is 4.46. The van der Waals surface area contributed by atoms with Crippen molar-refractivity contribution in [2.24, 2.45) is 5.92 Å². The van der Waals surface area contributed by atoms with Crippen molar-refractivity contribution in [3.63, 3.8) is 0 Å². The van der Waals surface area contributed by atoms with Crippen molar-refractivity contribution in [2.45, 2.75) is 39.3 Å². The van der Waals surface area contributed by atoms with Gasteiger partial charge in [-0.1, -0.05) is 12.1 Å². The van der Waals surface area contributed by atoms with Crippen LogP contribution >= 0.6 is 0 Å². The van der Waals surface area contributed by atoms with Crippen molar-refractivity contribution >= 4 is 12.0 Å². The lowest BCUT2D eigenvalue weighted by molar-refractivity contribution is -0.143. The van der Waals surface area contributed by atoms with Gasteiger partial charge in [-0.2, -0.15) is 0 Å². The maximum absolute atomic E-state index is 12.1. The van der Waals surface area contributed by atoms with Gasteiger partial charge in [0.25, 0.3) is 0 Å². The van der Waals surface area contributed by atoms with E-state index in [4.69, 9.17) is 4.52 Å². The lowest BCUT2D eigenvalue weighted by atomic mass is 9.93. The monoisotopic (exact) mass is 281 g/mol. The minimum Gasteiger partial charge on any atom is -0.480 e. The average Bonchev–Trinajstić information content (AvgIpc) is 2.81. The first-order valence-electron chi connectivity index (χ1n) is 6.67. The summed E-state index contributed by atoms with van der Waals surface area (Å²) in [5.74, 6) is -0.0904. The molecule has 1 aliphatic rings. The highest BCUT2D eigenvalue weighted by Crippen LogP contribution is 2.22. The fourth-order valence-corrected chi connectivity index (χ4v) is 2.38. The predicted molar refractivity (Wildman–Crippen MR) is 70.0 cm³/mol. The average molecular weight is 281 g/mol. The number of carboxylic acid groups (broad SMARTS) is 1. The molecule has 0 saturated carbocycles. The predicted octanol–water partition coefficient (Wildman–Crippen LogP) is 1.38. The second kappa shape index (κ2) is 5.94. The van der Waals surface area contributed by atoms with Gasteiger partial charge in [0.05, 0.1) is 12.2 Å². The first-order valence-corrected chi connectivity index (χ1v) is 6.67. The molecule has 2 N–H and O–H groups in total. The van der Waals surface area contributed by atoms with Gasteiger partial charge < -0.3 is 19.8 Å². The van der Waals surface area contributed by atoms with E-state index >= 15 is 0 Å². The third kappa shape index (κ3) is 3.28. The Morgan fingerprint density at radius 2 is 2.35 bits per heavy atom. The Morgan fingerprint density at radius 1 is 1.60 bits per heavy atom. The molecule has 1 aliphatic heterocycles. The summed E-state index contributed by atoms with van der Waals surface area (Å²) in [5, 5.41) is 15.6. The van der Waals surface area contributed by atoms with Crippen molar-refractivity contribution < 1.29 is 19.2 Å². The number of piperidine rings is 1. The number of hydrogen-bond acceptors (Lipinski definition) is 4. The summed E-state index contributed by atoms with van der Waals surface area (Å²) in [7, 11) is 0. The van der Waals surface area contributed by atoms with E-state index in [-0.39, 0.29) is 12.6 Å². The lowest BCUT2D eigenvalue weighted by Crippen LogP contribution is -2.53. The molecule has 1 aromatic heterocycles. The number of aromatic nitrogens is 1. The zero-order valence-corrected chi connectivity index (χ0v) is 11.6. The number of aryl methyl sites for hydroxylation is 1. The SMILES string of the molecule is Cc1cc(CNC(=O)N2CCC(C)CC2C(=O)O)on1. The minimum atomic E-state index is -0.956. The minimum absolute atomic E-state index is 0.206. The molecule has 2 rings (SSSR count). The molecule has 0 bridgehead atoms. The Kier molecular flexibility index (Phi) is 4.26. The number of carboxylic acids is 1. The van der Waals surface area contributed by atoms with Gasteiger partial charge in [-0.15, -0.1) is 0 Å². The van der Waals surface area contributed by atoms with Crippen LogP contribution in [0.5, 0.6) is 0 Å². The van der Waals surface area contributed by atoms with Crippen molar-refractivity contribution in [1.29, 1.82) is 0 Å². The highest BCUT2D eigenvalue weighted by atomic mass is 16.5. The van der Waals surface area contributed by atoms with Crippen molar-refractivity contribution in [1.82, 2.24) is 15.4 Å². The number of carbonyl (C=O) groups excluding carboxylic acids is 1. The molecule has 1 fully saturated rings. The number of hydrogen-bond donors (Lipinski definition) is 2. The Bertz CT molecular complexity index is 500. The zero-order valence-electron chi connectivity index (χ0n) is 11.6. The fourth-order valence-electron chi connectivity index (χ4n) is 2.38. The van der Waals surface area contributed by atoms with Crippen LogP contribution in [0.1, 0.15) is 31.2 Å². The van der Waals surface area contributed by atoms with Gasteiger partial charge in [0, 0.05) is 12.6 Å². The number of urea groups is 1. The second-order valence-electron chi connectivity index (χ2n) is 5.27. The molecule has 2 unspecified atom stereocenters. The highest BCUT2D eigenvalue weighted by Gasteiger charge is 2.34. The van der Waals surface area contributed by atoms with Gasteiger partial charge in [-0.25, -0.2) is 9.59 Å². The molecular weight excluding hydrogens is 262 g/mol. The van der Waals surface area contributed by atoms with Crippen molar-refractivity contribution in [3.05, 3.63) is 17.5 Å². The molecule has 20 heavy (non-hydrogen) atoms. The Labute approximate surface area is 116 Å². The molecule has 2 amide bonds. The number of rotatable bonds is 3. The summed E-state index contributed by atoms with van der Waals surface area (Å²) in [6.07, 6.45) is 1.31. The third-order valence-corrected chi connectivity index (χ3v) is 3.50. The third-order valence-electron chi connectivity index (χ3n) is 3.50. The van der Waals surface area contributed by atoms with Gasteiger partial charge in [0.2, 0.25) is 0 Å². The van der Waals surface area contributed by atoms with Crippen LogP contribution in [0, 0.1) is 12.8 Å². The molecule has 0 aliphatic carbocycles. The smallest absolute Gasteiger partial charge is 0.326 e. The first-order chi connectivity index (χ1) is 9.47. The largest absolute Gasteiger partial charge is 0.480 e. The van der Waals surface area contributed by atoms with E-state index < -0.39 is 12.0 Å². The van der Waals surface area contributed by atoms with Crippen LogP contribution < -0.4 is 5.32 Å². The molecule has 2 atom stereocenters. The number of nitrogens with one attached hydrogen (secondary N) is 1. The van der Waals surface area contributed by atoms with Gasteiger partial charge in [0.1, 0.15) is 6.04 Å². The van der Waals surface area contributed by atoms with Gasteiger partial charge >= 0.3 is 12.0 Å². The van der Waals surface area contributed by atoms with Crippen LogP contribution in [-0.2, 0) is 11.3 Å². The van der Waals surface area contributed by atoms with Crippen LogP contribution in [0.2, 0.25) is 0 Å². The molecule has 7 heteroatoms. The Hall–Kier alpha value is -2.05. The number of likely N-dealkylation sites (tertiary alicyclic amines) is 1. The molecule has 2 heterocycles. The van der Waals surface area contributed by atoms with E-state index in [2.05, 4.69) is 10.5 Å². The highest BCUT2D eigenvalue weighted by molar-refractivity contribution is 5.82. The zero-order chi connectivity index (χ0) is 14.7. The molecular formula is C13H19N3O4. The molecule has 0 spiro atoms. The summed E-state index contributed by atoms with van der Waals surface area (Å²) < 4.78 is 4.99. The molecule has 1 aromatic rings. The lowest BCUT2D eigenvalue weighted by Gasteiger charge is -2.35.